The molecule has 1 saturated heterocycles. The van der Waals surface area contributed by atoms with Crippen molar-refractivity contribution in [2.24, 2.45) is 0 Å². The Balaban J connectivity index is 1.74. The number of nitrogens with one attached hydrogen (secondary N) is 1. The molecule has 1 aromatic rings. The number of nitrogens with zero attached hydrogens (tertiary/aromatic N) is 1. The van der Waals surface area contributed by atoms with Gasteiger partial charge in [-0.2, -0.15) is 0 Å². The van der Waals surface area contributed by atoms with Gasteiger partial charge in [0.15, 0.2) is 0 Å². The summed E-state index contributed by atoms with van der Waals surface area (Å²) in [7, 11) is 0. The topological polar surface area (TPSA) is 61.8 Å². The van der Waals surface area contributed by atoms with Gasteiger partial charge in [-0.25, -0.2) is 4.79 Å². The lowest BCUT2D eigenvalue weighted by Crippen LogP contribution is -2.38. The summed E-state index contributed by atoms with van der Waals surface area (Å²) in [6.45, 7) is 5.43. The molecular formula is C13H18N2O3. The Morgan fingerprint density at radius 1 is 1.28 bits per heavy atom. The molecule has 0 spiro atoms. The fourth-order valence-electron chi connectivity index (χ4n) is 1.91. The number of benzene rings is 1. The van der Waals surface area contributed by atoms with E-state index in [2.05, 4.69) is 10.2 Å². The third-order valence-electron chi connectivity index (χ3n) is 2.99. The largest absolute Gasteiger partial charge is 0.478 e. The molecule has 5 heteroatoms. The van der Waals surface area contributed by atoms with E-state index in [9.17, 15) is 4.79 Å². The summed E-state index contributed by atoms with van der Waals surface area (Å²) in [5.74, 6) is -0.894. The molecule has 0 aliphatic carbocycles. The van der Waals surface area contributed by atoms with E-state index in [-0.39, 0.29) is 0 Å². The molecule has 1 aromatic carbocycles. The molecule has 98 valence electrons. The second kappa shape index (κ2) is 6.37. The molecule has 0 aromatic heterocycles. The molecule has 1 aliphatic rings. The number of rotatable bonds is 5. The summed E-state index contributed by atoms with van der Waals surface area (Å²) >= 11 is 0. The Bertz CT molecular complexity index is 386. The van der Waals surface area contributed by atoms with Crippen molar-refractivity contribution in [1.29, 1.82) is 0 Å². The second-order valence-corrected chi connectivity index (χ2v) is 4.26. The van der Waals surface area contributed by atoms with Crippen molar-refractivity contribution in [3.8, 4) is 0 Å². The van der Waals surface area contributed by atoms with Crippen LogP contribution in [0.3, 0.4) is 0 Å². The Labute approximate surface area is 106 Å². The van der Waals surface area contributed by atoms with Gasteiger partial charge < -0.3 is 15.2 Å². The Hall–Kier alpha value is -1.59. The molecule has 0 saturated carbocycles. The van der Waals surface area contributed by atoms with Crippen LogP contribution in [-0.4, -0.2) is 55.4 Å². The molecule has 1 aliphatic heterocycles. The maximum atomic E-state index is 10.7. The number of anilines is 1. The van der Waals surface area contributed by atoms with Gasteiger partial charge in [0.05, 0.1) is 18.8 Å². The lowest BCUT2D eigenvalue weighted by atomic mass is 10.2. The number of ether oxygens (including phenoxy) is 1. The van der Waals surface area contributed by atoms with E-state index in [1.165, 1.54) is 0 Å². The van der Waals surface area contributed by atoms with E-state index in [4.69, 9.17) is 9.84 Å². The van der Waals surface area contributed by atoms with Crippen LogP contribution in [0.1, 0.15) is 10.4 Å². The van der Waals surface area contributed by atoms with Crippen LogP contribution in [0, 0.1) is 0 Å². The van der Waals surface area contributed by atoms with Gasteiger partial charge in [0, 0.05) is 31.9 Å². The fourth-order valence-corrected chi connectivity index (χ4v) is 1.91. The van der Waals surface area contributed by atoms with Gasteiger partial charge in [-0.05, 0) is 24.3 Å². The van der Waals surface area contributed by atoms with Gasteiger partial charge in [-0.15, -0.1) is 0 Å². The summed E-state index contributed by atoms with van der Waals surface area (Å²) in [4.78, 5) is 13.0. The molecule has 2 N–H and O–H groups in total. The molecule has 2 rings (SSSR count). The number of aromatic carboxylic acids is 1. The Morgan fingerprint density at radius 3 is 2.56 bits per heavy atom. The van der Waals surface area contributed by atoms with E-state index < -0.39 is 5.97 Å². The molecule has 0 radical (unpaired) electrons. The minimum Gasteiger partial charge on any atom is -0.478 e. The maximum absolute atomic E-state index is 10.7. The van der Waals surface area contributed by atoms with Crippen molar-refractivity contribution in [1.82, 2.24) is 4.90 Å². The first kappa shape index (κ1) is 12.9. The fraction of sp³-hybridized carbons (Fsp3) is 0.462. The van der Waals surface area contributed by atoms with Crippen LogP contribution in [-0.2, 0) is 4.74 Å². The van der Waals surface area contributed by atoms with Gasteiger partial charge in [0.2, 0.25) is 0 Å². The lowest BCUT2D eigenvalue weighted by Gasteiger charge is -2.26. The monoisotopic (exact) mass is 250 g/mol. The zero-order chi connectivity index (χ0) is 12.8. The number of hydrogen-bond donors (Lipinski definition) is 2. The van der Waals surface area contributed by atoms with Gasteiger partial charge in [0.25, 0.3) is 0 Å². The maximum Gasteiger partial charge on any atom is 0.335 e. The lowest BCUT2D eigenvalue weighted by molar-refractivity contribution is 0.0398. The van der Waals surface area contributed by atoms with Crippen molar-refractivity contribution in [2.45, 2.75) is 0 Å². The number of carbonyl (C=O) groups is 1. The molecule has 1 heterocycles. The smallest absolute Gasteiger partial charge is 0.335 e. The van der Waals surface area contributed by atoms with Gasteiger partial charge in [0.1, 0.15) is 0 Å². The third-order valence-corrected chi connectivity index (χ3v) is 2.99. The highest BCUT2D eigenvalue weighted by molar-refractivity contribution is 5.87. The molecule has 0 atom stereocenters. The van der Waals surface area contributed by atoms with Gasteiger partial charge >= 0.3 is 5.97 Å². The van der Waals surface area contributed by atoms with E-state index in [0.29, 0.717) is 5.56 Å². The van der Waals surface area contributed by atoms with Gasteiger partial charge in [-0.1, -0.05) is 0 Å². The molecule has 0 amide bonds. The van der Waals surface area contributed by atoms with Crippen LogP contribution >= 0.6 is 0 Å². The normalized spacial score (nSPS) is 16.4. The van der Waals surface area contributed by atoms with Crippen LogP contribution in [0.5, 0.6) is 0 Å². The van der Waals surface area contributed by atoms with Crippen molar-refractivity contribution >= 4 is 11.7 Å². The molecule has 0 bridgehead atoms. The summed E-state index contributed by atoms with van der Waals surface area (Å²) in [5, 5.41) is 12.1. The van der Waals surface area contributed by atoms with Gasteiger partial charge in [-0.3, -0.25) is 4.90 Å². The molecule has 1 fully saturated rings. The van der Waals surface area contributed by atoms with E-state index in [0.717, 1.165) is 45.1 Å². The average molecular weight is 250 g/mol. The standard InChI is InChI=1S/C13H18N2O3/c16-13(17)11-1-3-12(4-2-11)14-5-6-15-7-9-18-10-8-15/h1-4,14H,5-10H2,(H,16,17). The van der Waals surface area contributed by atoms with Crippen LogP contribution in [0.15, 0.2) is 24.3 Å². The van der Waals surface area contributed by atoms with E-state index in [1.807, 2.05) is 0 Å². The number of hydrogen-bond acceptors (Lipinski definition) is 4. The van der Waals surface area contributed by atoms with Crippen molar-refractivity contribution in [3.05, 3.63) is 29.8 Å². The van der Waals surface area contributed by atoms with Crippen molar-refractivity contribution < 1.29 is 14.6 Å². The molecule has 0 unspecified atom stereocenters. The van der Waals surface area contributed by atoms with Crippen LogP contribution in [0.2, 0.25) is 0 Å². The molecular weight excluding hydrogens is 232 g/mol. The third kappa shape index (κ3) is 3.72. The Kier molecular flexibility index (Phi) is 4.55. The van der Waals surface area contributed by atoms with Crippen molar-refractivity contribution in [2.75, 3.05) is 44.7 Å². The summed E-state index contributed by atoms with van der Waals surface area (Å²) in [6, 6.07) is 6.81. The minimum absolute atomic E-state index is 0.314. The number of morpholine rings is 1. The second-order valence-electron chi connectivity index (χ2n) is 4.26. The highest BCUT2D eigenvalue weighted by Gasteiger charge is 2.09. The van der Waals surface area contributed by atoms with E-state index >= 15 is 0 Å². The zero-order valence-corrected chi connectivity index (χ0v) is 10.3. The predicted octanol–water partition coefficient (Wildman–Crippen LogP) is 1.13. The average Bonchev–Trinajstić information content (AvgIpc) is 2.40. The first-order valence-electron chi connectivity index (χ1n) is 6.13. The molecule has 18 heavy (non-hydrogen) atoms. The first-order valence-corrected chi connectivity index (χ1v) is 6.13. The SMILES string of the molecule is O=C(O)c1ccc(NCCN2CCOCC2)cc1. The highest BCUT2D eigenvalue weighted by Crippen LogP contribution is 2.09. The van der Waals surface area contributed by atoms with Crippen molar-refractivity contribution in [3.63, 3.8) is 0 Å². The summed E-state index contributed by atoms with van der Waals surface area (Å²) in [5.41, 5.74) is 1.27. The zero-order valence-electron chi connectivity index (χ0n) is 10.3. The minimum atomic E-state index is -0.894. The number of carboxylic acids is 1. The predicted molar refractivity (Wildman–Crippen MR) is 69.2 cm³/mol. The van der Waals surface area contributed by atoms with Crippen LogP contribution in [0.4, 0.5) is 5.69 Å². The summed E-state index contributed by atoms with van der Waals surface area (Å²) in [6.07, 6.45) is 0. The van der Waals surface area contributed by atoms with Crippen LogP contribution < -0.4 is 5.32 Å². The van der Waals surface area contributed by atoms with E-state index in [1.54, 1.807) is 24.3 Å². The quantitative estimate of drug-likeness (QED) is 0.820. The van der Waals surface area contributed by atoms with Crippen LogP contribution in [0.25, 0.3) is 0 Å². The summed E-state index contributed by atoms with van der Waals surface area (Å²) < 4.78 is 5.28. The Morgan fingerprint density at radius 2 is 1.94 bits per heavy atom. The molecule has 5 nitrogen and oxygen atoms in total. The highest BCUT2D eigenvalue weighted by atomic mass is 16.5. The first-order chi connectivity index (χ1) is 8.75. The number of carboxylic acid groups (broad SMARTS) is 1.